The summed E-state index contributed by atoms with van der Waals surface area (Å²) < 4.78 is 7.49. The number of aromatic nitrogens is 2. The van der Waals surface area contributed by atoms with Gasteiger partial charge in [0.1, 0.15) is 0 Å². The van der Waals surface area contributed by atoms with Gasteiger partial charge in [-0.2, -0.15) is 0 Å². The maximum atomic E-state index is 10.5. The van der Waals surface area contributed by atoms with Crippen LogP contribution in [0.4, 0.5) is 0 Å². The lowest BCUT2D eigenvalue weighted by Crippen LogP contribution is -2.49. The van der Waals surface area contributed by atoms with E-state index in [0.29, 0.717) is 0 Å². The molecule has 2 fully saturated rings. The van der Waals surface area contributed by atoms with Crippen molar-refractivity contribution in [2.45, 2.75) is 31.5 Å². The second-order valence-corrected chi connectivity index (χ2v) is 6.13. The van der Waals surface area contributed by atoms with Gasteiger partial charge in [-0.25, -0.2) is 4.98 Å². The van der Waals surface area contributed by atoms with Crippen molar-refractivity contribution in [1.29, 1.82) is 0 Å². The molecular formula is C15H26N4O2. The topological polar surface area (TPSA) is 53.8 Å². The summed E-state index contributed by atoms with van der Waals surface area (Å²) in [6.45, 7) is 6.38. The maximum absolute atomic E-state index is 10.5. The summed E-state index contributed by atoms with van der Waals surface area (Å²) in [7, 11) is 2.03. The van der Waals surface area contributed by atoms with Gasteiger partial charge in [-0.15, -0.1) is 0 Å². The molecule has 2 atom stereocenters. The summed E-state index contributed by atoms with van der Waals surface area (Å²) in [6, 6.07) is 0.283. The molecule has 3 heterocycles. The number of morpholine rings is 1. The van der Waals surface area contributed by atoms with E-state index in [4.69, 9.17) is 4.74 Å². The molecule has 2 aliphatic heterocycles. The first-order valence-electron chi connectivity index (χ1n) is 7.91. The largest absolute Gasteiger partial charge is 0.391 e. The maximum Gasteiger partial charge on any atom is 0.0945 e. The molecule has 1 N–H and O–H groups in total. The molecule has 2 saturated heterocycles. The van der Waals surface area contributed by atoms with Gasteiger partial charge in [-0.1, -0.05) is 0 Å². The molecule has 0 bridgehead atoms. The van der Waals surface area contributed by atoms with Crippen molar-refractivity contribution in [2.75, 3.05) is 39.4 Å². The highest BCUT2D eigenvalue weighted by atomic mass is 16.5. The predicted molar refractivity (Wildman–Crippen MR) is 79.9 cm³/mol. The van der Waals surface area contributed by atoms with Crippen LogP contribution in [-0.2, 0) is 18.3 Å². The van der Waals surface area contributed by atoms with Crippen LogP contribution in [0.2, 0.25) is 0 Å². The molecule has 6 heteroatoms. The highest BCUT2D eigenvalue weighted by Gasteiger charge is 2.30. The van der Waals surface area contributed by atoms with Crippen LogP contribution in [0, 0.1) is 0 Å². The van der Waals surface area contributed by atoms with E-state index in [9.17, 15) is 5.11 Å². The van der Waals surface area contributed by atoms with Crippen LogP contribution in [0.15, 0.2) is 12.5 Å². The first kappa shape index (κ1) is 15.0. The van der Waals surface area contributed by atoms with E-state index in [2.05, 4.69) is 19.4 Å². The lowest BCUT2D eigenvalue weighted by molar-refractivity contribution is -0.0222. The van der Waals surface area contributed by atoms with Gasteiger partial charge in [0.15, 0.2) is 0 Å². The van der Waals surface area contributed by atoms with E-state index >= 15 is 0 Å². The third-order valence-electron chi connectivity index (χ3n) is 4.74. The van der Waals surface area contributed by atoms with E-state index < -0.39 is 0 Å². The van der Waals surface area contributed by atoms with Crippen molar-refractivity contribution < 1.29 is 9.84 Å². The van der Waals surface area contributed by atoms with Crippen LogP contribution < -0.4 is 0 Å². The van der Waals surface area contributed by atoms with Crippen LogP contribution in [0.25, 0.3) is 0 Å². The second kappa shape index (κ2) is 6.87. The number of nitrogens with zero attached hydrogens (tertiary/aromatic N) is 4. The monoisotopic (exact) mass is 294 g/mol. The number of likely N-dealkylation sites (tertiary alicyclic amines) is 1. The van der Waals surface area contributed by atoms with Crippen LogP contribution in [-0.4, -0.2) is 76.0 Å². The predicted octanol–water partition coefficient (Wildman–Crippen LogP) is 0.0776. The molecule has 0 unspecified atom stereocenters. The van der Waals surface area contributed by atoms with Gasteiger partial charge in [0, 0.05) is 52.0 Å². The number of imidazole rings is 1. The fourth-order valence-corrected chi connectivity index (χ4v) is 3.39. The van der Waals surface area contributed by atoms with E-state index in [-0.39, 0.29) is 12.1 Å². The summed E-state index contributed by atoms with van der Waals surface area (Å²) in [5, 5.41) is 10.5. The van der Waals surface area contributed by atoms with Crippen molar-refractivity contribution >= 4 is 0 Å². The van der Waals surface area contributed by atoms with Gasteiger partial charge in [0.25, 0.3) is 0 Å². The normalized spacial score (nSPS) is 29.4. The van der Waals surface area contributed by atoms with Gasteiger partial charge in [-0.05, 0) is 12.8 Å². The molecule has 0 amide bonds. The smallest absolute Gasteiger partial charge is 0.0945 e. The Hall–Kier alpha value is -0.950. The molecule has 0 aromatic carbocycles. The Bertz CT molecular complexity index is 445. The Morgan fingerprint density at radius 3 is 2.71 bits per heavy atom. The Labute approximate surface area is 126 Å². The van der Waals surface area contributed by atoms with Crippen molar-refractivity contribution in [3.05, 3.63) is 18.2 Å². The third kappa shape index (κ3) is 3.63. The fraction of sp³-hybridized carbons (Fsp3) is 0.800. The Morgan fingerprint density at radius 1 is 1.24 bits per heavy atom. The molecular weight excluding hydrogens is 268 g/mol. The molecule has 118 valence electrons. The van der Waals surface area contributed by atoms with E-state index in [1.54, 1.807) is 0 Å². The van der Waals surface area contributed by atoms with Crippen molar-refractivity contribution in [2.24, 2.45) is 7.05 Å². The number of hydrogen-bond acceptors (Lipinski definition) is 5. The zero-order valence-corrected chi connectivity index (χ0v) is 12.8. The summed E-state index contributed by atoms with van der Waals surface area (Å²) in [5.41, 5.74) is 1.23. The molecule has 6 nitrogen and oxygen atoms in total. The van der Waals surface area contributed by atoms with Crippen molar-refractivity contribution in [1.82, 2.24) is 19.4 Å². The van der Waals surface area contributed by atoms with Crippen LogP contribution in [0.3, 0.4) is 0 Å². The lowest BCUT2D eigenvalue weighted by atomic mass is 10.0. The third-order valence-corrected chi connectivity index (χ3v) is 4.74. The van der Waals surface area contributed by atoms with Gasteiger partial charge in [0.2, 0.25) is 0 Å². The molecule has 1 aromatic heterocycles. The Balaban J connectivity index is 1.58. The molecule has 0 saturated carbocycles. The molecule has 21 heavy (non-hydrogen) atoms. The summed E-state index contributed by atoms with van der Waals surface area (Å²) in [6.07, 6.45) is 5.43. The zero-order valence-electron chi connectivity index (χ0n) is 12.8. The summed E-state index contributed by atoms with van der Waals surface area (Å²) in [5.74, 6) is 0. The van der Waals surface area contributed by atoms with E-state index in [1.165, 1.54) is 5.69 Å². The Morgan fingerprint density at radius 2 is 2.00 bits per heavy atom. The summed E-state index contributed by atoms with van der Waals surface area (Å²) >= 11 is 0. The molecule has 0 spiro atoms. The average molecular weight is 294 g/mol. The summed E-state index contributed by atoms with van der Waals surface area (Å²) in [4.78, 5) is 9.01. The standard InChI is InChI=1S/C15H26N4O2/c1-17-12-16-10-13(17)11-18-4-2-14(15(20)3-5-18)19-6-8-21-9-7-19/h10,12,14-15,20H,2-9,11H2,1H3/t14-,15-/m0/s1. The van der Waals surface area contributed by atoms with Crippen LogP contribution >= 0.6 is 0 Å². The van der Waals surface area contributed by atoms with Crippen molar-refractivity contribution in [3.63, 3.8) is 0 Å². The highest BCUT2D eigenvalue weighted by Crippen LogP contribution is 2.20. The van der Waals surface area contributed by atoms with Crippen molar-refractivity contribution in [3.8, 4) is 0 Å². The number of ether oxygens (including phenoxy) is 1. The first-order valence-corrected chi connectivity index (χ1v) is 7.91. The molecule has 1 aromatic rings. The SMILES string of the molecule is Cn1cncc1CN1CC[C@H](O)[C@@H](N2CCOCC2)CC1. The highest BCUT2D eigenvalue weighted by molar-refractivity contribution is 4.98. The number of hydrogen-bond donors (Lipinski definition) is 1. The first-order chi connectivity index (χ1) is 10.2. The molecule has 3 rings (SSSR count). The molecule has 0 radical (unpaired) electrons. The second-order valence-electron chi connectivity index (χ2n) is 6.13. The lowest BCUT2D eigenvalue weighted by Gasteiger charge is -2.36. The minimum Gasteiger partial charge on any atom is -0.391 e. The van der Waals surface area contributed by atoms with Gasteiger partial charge in [-0.3, -0.25) is 9.80 Å². The number of aliphatic hydroxyl groups excluding tert-OH is 1. The van der Waals surface area contributed by atoms with Gasteiger partial charge >= 0.3 is 0 Å². The minimum atomic E-state index is -0.223. The zero-order chi connectivity index (χ0) is 14.7. The van der Waals surface area contributed by atoms with Gasteiger partial charge in [0.05, 0.1) is 31.3 Å². The number of rotatable bonds is 3. The number of aliphatic hydroxyl groups is 1. The molecule has 2 aliphatic rings. The average Bonchev–Trinajstić information content (AvgIpc) is 2.81. The van der Waals surface area contributed by atoms with E-state index in [0.717, 1.165) is 58.8 Å². The van der Waals surface area contributed by atoms with Crippen LogP contribution in [0.1, 0.15) is 18.5 Å². The fourth-order valence-electron chi connectivity index (χ4n) is 3.39. The number of aryl methyl sites for hydroxylation is 1. The van der Waals surface area contributed by atoms with E-state index in [1.807, 2.05) is 19.6 Å². The van der Waals surface area contributed by atoms with Gasteiger partial charge < -0.3 is 14.4 Å². The minimum absolute atomic E-state index is 0.223. The van der Waals surface area contributed by atoms with Crippen LogP contribution in [0.5, 0.6) is 0 Å². The Kier molecular flexibility index (Phi) is 4.90. The molecule has 0 aliphatic carbocycles. The quantitative estimate of drug-likeness (QED) is 0.855.